The zero-order chi connectivity index (χ0) is 39.3. The molecular formula is C44H42N10O2. The van der Waals surface area contributed by atoms with Crippen molar-refractivity contribution in [3.05, 3.63) is 130 Å². The van der Waals surface area contributed by atoms with Gasteiger partial charge in [0.15, 0.2) is 17.0 Å². The summed E-state index contributed by atoms with van der Waals surface area (Å²) in [6.45, 7) is 16.3. The van der Waals surface area contributed by atoms with E-state index in [2.05, 4.69) is 68.3 Å². The van der Waals surface area contributed by atoms with Crippen LogP contribution in [0.3, 0.4) is 0 Å². The summed E-state index contributed by atoms with van der Waals surface area (Å²) < 4.78 is 14.0. The summed E-state index contributed by atoms with van der Waals surface area (Å²) in [5.74, 6) is 0.840. The molecule has 0 fully saturated rings. The number of azo groups is 1. The van der Waals surface area contributed by atoms with Gasteiger partial charge in [0, 0.05) is 11.1 Å². The molecule has 1 aliphatic rings. The number of benzene rings is 4. The number of aryl methyl sites for hydroxylation is 4. The van der Waals surface area contributed by atoms with Crippen molar-refractivity contribution in [2.75, 3.05) is 10.2 Å². The van der Waals surface area contributed by atoms with Crippen LogP contribution in [0.2, 0.25) is 0 Å². The van der Waals surface area contributed by atoms with Crippen molar-refractivity contribution in [2.45, 2.75) is 73.0 Å². The normalized spacial score (nSPS) is 16.0. The maximum absolute atomic E-state index is 10.5. The van der Waals surface area contributed by atoms with E-state index in [9.17, 15) is 5.26 Å². The fourth-order valence-electron chi connectivity index (χ4n) is 7.12. The number of fused-ring (bicyclic) bond motifs is 2. The van der Waals surface area contributed by atoms with Crippen molar-refractivity contribution < 1.29 is 8.83 Å². The molecule has 1 N–H and O–H groups in total. The molecule has 56 heavy (non-hydrogen) atoms. The number of dihydropyridines is 1. The molecule has 0 saturated heterocycles. The number of hydrogen-bond donors (Lipinski definition) is 1. The Morgan fingerprint density at radius 1 is 0.786 bits per heavy atom. The Morgan fingerprint density at radius 2 is 1.39 bits per heavy atom. The number of aliphatic imine (C=N–C) groups is 1. The van der Waals surface area contributed by atoms with Crippen molar-refractivity contribution in [2.24, 2.45) is 15.2 Å². The lowest BCUT2D eigenvalue weighted by molar-refractivity contribution is 0.519. The lowest BCUT2D eigenvalue weighted by Crippen LogP contribution is -2.40. The molecule has 0 bridgehead atoms. The van der Waals surface area contributed by atoms with E-state index in [1.165, 1.54) is 4.68 Å². The average molecular weight is 743 g/mol. The third kappa shape index (κ3) is 6.51. The highest BCUT2D eigenvalue weighted by atomic mass is 16.4. The summed E-state index contributed by atoms with van der Waals surface area (Å²) in [6.07, 6.45) is 1.36. The molecule has 1 aliphatic heterocycles. The molecule has 7 aromatic rings. The van der Waals surface area contributed by atoms with E-state index in [0.29, 0.717) is 39.8 Å². The van der Waals surface area contributed by atoms with E-state index in [0.717, 1.165) is 44.7 Å². The van der Waals surface area contributed by atoms with Gasteiger partial charge in [0.2, 0.25) is 0 Å². The molecule has 0 saturated carbocycles. The van der Waals surface area contributed by atoms with Crippen LogP contribution in [-0.4, -0.2) is 37.8 Å². The van der Waals surface area contributed by atoms with Crippen LogP contribution in [0.1, 0.15) is 61.2 Å². The van der Waals surface area contributed by atoms with Gasteiger partial charge in [-0.05, 0) is 92.8 Å². The standard InChI is InChI=1S/C44H42N10O2/c1-25-15-13-16-26(2)36(25)49-40-37(50-51-41-30(24-45)39(44(6,7)8)52-54(41)43-47-32-20-10-12-22-34(32)56-43)29(5)23-35(48-40)53(38-27(3)17-14-18-28(38)4)42-46-31-19-9-11-21-33(31)55-42/h9-23,37,40,49H,1-8H3. The van der Waals surface area contributed by atoms with Gasteiger partial charge in [0.25, 0.3) is 0 Å². The first-order chi connectivity index (χ1) is 26.9. The van der Waals surface area contributed by atoms with Gasteiger partial charge in [-0.3, -0.25) is 0 Å². The van der Waals surface area contributed by atoms with Gasteiger partial charge >= 0.3 is 12.0 Å². The fraction of sp³-hybridized carbons (Fsp3) is 0.250. The number of nitriles is 1. The third-order valence-electron chi connectivity index (χ3n) is 9.96. The van der Waals surface area contributed by atoms with Gasteiger partial charge in [-0.25, -0.2) is 9.89 Å². The minimum Gasteiger partial charge on any atom is -0.423 e. The summed E-state index contributed by atoms with van der Waals surface area (Å²) in [6, 6.07) is 29.9. The topological polar surface area (TPSA) is 146 Å². The van der Waals surface area contributed by atoms with Crippen LogP contribution < -0.4 is 10.2 Å². The fourth-order valence-corrected chi connectivity index (χ4v) is 7.12. The molecule has 0 aliphatic carbocycles. The maximum atomic E-state index is 10.5. The minimum atomic E-state index is -0.636. The summed E-state index contributed by atoms with van der Waals surface area (Å²) >= 11 is 0. The highest BCUT2D eigenvalue weighted by Crippen LogP contribution is 2.38. The molecule has 2 unspecified atom stereocenters. The molecule has 12 nitrogen and oxygen atoms in total. The molecular weight excluding hydrogens is 701 g/mol. The Balaban J connectivity index is 1.29. The van der Waals surface area contributed by atoms with Gasteiger partial charge in [0.05, 0.1) is 11.4 Å². The first kappa shape index (κ1) is 36.1. The van der Waals surface area contributed by atoms with E-state index < -0.39 is 17.6 Å². The number of anilines is 3. The molecule has 0 spiro atoms. The lowest BCUT2D eigenvalue weighted by Gasteiger charge is -2.32. The molecule has 12 heteroatoms. The second-order valence-electron chi connectivity index (χ2n) is 15.2. The number of nitrogens with one attached hydrogen (secondary N) is 1. The highest BCUT2D eigenvalue weighted by molar-refractivity contribution is 6.11. The SMILES string of the molecule is CC1=CC(N(c2nc3ccccc3o2)c2c(C)cccc2C)=NC(Nc2c(C)cccc2C)C1N=Nc1c(C#N)c(C(C)(C)C)nn1-c1nc2ccccc2o1. The Kier molecular flexibility index (Phi) is 9.08. The van der Waals surface area contributed by atoms with Crippen molar-refractivity contribution in [1.82, 2.24) is 19.7 Å². The first-order valence-corrected chi connectivity index (χ1v) is 18.5. The van der Waals surface area contributed by atoms with Gasteiger partial charge < -0.3 is 14.2 Å². The maximum Gasteiger partial charge on any atom is 0.325 e. The van der Waals surface area contributed by atoms with Crippen LogP contribution in [0.25, 0.3) is 28.2 Å². The Bertz CT molecular complexity index is 2660. The molecule has 4 aromatic carbocycles. The molecule has 2 atom stereocenters. The molecule has 280 valence electrons. The molecule has 0 amide bonds. The Hall–Kier alpha value is -6.87. The molecule has 0 radical (unpaired) electrons. The quantitative estimate of drug-likeness (QED) is 0.159. The van der Waals surface area contributed by atoms with E-state index in [1.807, 2.05) is 99.3 Å². The van der Waals surface area contributed by atoms with E-state index in [4.69, 9.17) is 34.1 Å². The van der Waals surface area contributed by atoms with Crippen LogP contribution in [0.5, 0.6) is 0 Å². The van der Waals surface area contributed by atoms with Crippen LogP contribution in [0.15, 0.2) is 121 Å². The van der Waals surface area contributed by atoms with Crippen molar-refractivity contribution >= 4 is 51.2 Å². The Labute approximate surface area is 324 Å². The largest absolute Gasteiger partial charge is 0.423 e. The summed E-state index contributed by atoms with van der Waals surface area (Å²) in [7, 11) is 0. The summed E-state index contributed by atoms with van der Waals surface area (Å²) in [5, 5.41) is 28.9. The van der Waals surface area contributed by atoms with Crippen LogP contribution >= 0.6 is 0 Å². The summed E-state index contributed by atoms with van der Waals surface area (Å²) in [5.41, 5.74) is 9.96. The van der Waals surface area contributed by atoms with Gasteiger partial charge in [0.1, 0.15) is 40.7 Å². The zero-order valence-corrected chi connectivity index (χ0v) is 32.7. The predicted molar refractivity (Wildman–Crippen MR) is 219 cm³/mol. The number of oxazole rings is 2. The van der Waals surface area contributed by atoms with E-state index >= 15 is 0 Å². The summed E-state index contributed by atoms with van der Waals surface area (Å²) in [4.78, 5) is 17.0. The lowest BCUT2D eigenvalue weighted by atomic mass is 9.90. The number of rotatable bonds is 7. The van der Waals surface area contributed by atoms with E-state index in [-0.39, 0.29) is 11.8 Å². The number of nitrogens with zero attached hydrogens (tertiary/aromatic N) is 9. The Morgan fingerprint density at radius 3 is 2.00 bits per heavy atom. The zero-order valence-electron chi connectivity index (χ0n) is 32.7. The second-order valence-corrected chi connectivity index (χ2v) is 15.2. The highest BCUT2D eigenvalue weighted by Gasteiger charge is 2.34. The van der Waals surface area contributed by atoms with Crippen LogP contribution in [0.4, 0.5) is 23.2 Å². The number of para-hydroxylation sites is 6. The molecule has 3 aromatic heterocycles. The van der Waals surface area contributed by atoms with Crippen molar-refractivity contribution in [3.8, 4) is 12.1 Å². The molecule has 8 rings (SSSR count). The monoisotopic (exact) mass is 742 g/mol. The van der Waals surface area contributed by atoms with Crippen LogP contribution in [-0.2, 0) is 5.41 Å². The number of aromatic nitrogens is 4. The molecule has 4 heterocycles. The smallest absolute Gasteiger partial charge is 0.325 e. The van der Waals surface area contributed by atoms with E-state index in [1.54, 1.807) is 0 Å². The van der Waals surface area contributed by atoms with Gasteiger partial charge in [-0.15, -0.1) is 5.11 Å². The second kappa shape index (κ2) is 14.1. The minimum absolute atomic E-state index is 0.191. The first-order valence-electron chi connectivity index (χ1n) is 18.5. The van der Waals surface area contributed by atoms with Gasteiger partial charge in [-0.2, -0.15) is 30.1 Å². The van der Waals surface area contributed by atoms with Crippen molar-refractivity contribution in [3.63, 3.8) is 0 Å². The van der Waals surface area contributed by atoms with Gasteiger partial charge in [-0.1, -0.05) is 81.4 Å². The third-order valence-corrected chi connectivity index (χ3v) is 9.96. The van der Waals surface area contributed by atoms with Crippen molar-refractivity contribution in [1.29, 1.82) is 5.26 Å². The number of hydrogen-bond acceptors (Lipinski definition) is 11. The predicted octanol–water partition coefficient (Wildman–Crippen LogP) is 10.6. The average Bonchev–Trinajstić information content (AvgIpc) is 3.89. The number of amidine groups is 1. The van der Waals surface area contributed by atoms with Crippen LogP contribution in [0, 0.1) is 39.0 Å².